The molecule has 5 nitrogen and oxygen atoms in total. The first-order valence-corrected chi connectivity index (χ1v) is 6.29. The number of hydrogen-bond acceptors (Lipinski definition) is 3. The van der Waals surface area contributed by atoms with E-state index in [0.717, 1.165) is 25.7 Å². The van der Waals surface area contributed by atoms with Crippen LogP contribution in [-0.4, -0.2) is 23.0 Å². The van der Waals surface area contributed by atoms with E-state index in [1.165, 1.54) is 0 Å². The Hall–Kier alpha value is -1.26. The molecular weight excluding hydrogens is 218 g/mol. The summed E-state index contributed by atoms with van der Waals surface area (Å²) in [5.41, 5.74) is 5.53. The van der Waals surface area contributed by atoms with Gasteiger partial charge in [-0.05, 0) is 12.3 Å². The fourth-order valence-corrected chi connectivity index (χ4v) is 1.60. The summed E-state index contributed by atoms with van der Waals surface area (Å²) in [4.78, 5) is 11.6. The maximum absolute atomic E-state index is 11.6. The molecule has 0 aliphatic heterocycles. The number of nitrogens with two attached hydrogens (primary N) is 1. The molecule has 17 heavy (non-hydrogen) atoms. The first-order chi connectivity index (χ1) is 8.02. The second-order valence-corrected chi connectivity index (χ2v) is 4.62. The molecule has 0 saturated heterocycles. The van der Waals surface area contributed by atoms with Crippen molar-refractivity contribution < 1.29 is 10.0 Å². The summed E-state index contributed by atoms with van der Waals surface area (Å²) in [7, 11) is 0. The average molecular weight is 243 g/mol. The normalized spacial score (nSPS) is 13.8. The molecule has 0 spiro atoms. The zero-order chi connectivity index (χ0) is 13.3. The van der Waals surface area contributed by atoms with Crippen LogP contribution in [0.15, 0.2) is 5.16 Å². The second kappa shape index (κ2) is 8.84. The third kappa shape index (κ3) is 6.81. The second-order valence-electron chi connectivity index (χ2n) is 4.62. The lowest BCUT2D eigenvalue weighted by Crippen LogP contribution is -2.47. The predicted octanol–water partition coefficient (Wildman–Crippen LogP) is 1.84. The highest BCUT2D eigenvalue weighted by molar-refractivity contribution is 5.90. The molecule has 0 aromatic carbocycles. The minimum atomic E-state index is -0.390. The Balaban J connectivity index is 4.05. The van der Waals surface area contributed by atoms with Gasteiger partial charge in [0.2, 0.25) is 5.91 Å². The Morgan fingerprint density at radius 1 is 1.35 bits per heavy atom. The lowest BCUT2D eigenvalue weighted by atomic mass is 10.0. The number of nitrogens with one attached hydrogen (secondary N) is 1. The lowest BCUT2D eigenvalue weighted by molar-refractivity contribution is -0.121. The van der Waals surface area contributed by atoms with Gasteiger partial charge in [-0.2, -0.15) is 0 Å². The van der Waals surface area contributed by atoms with Gasteiger partial charge in [0.05, 0.1) is 6.04 Å². The van der Waals surface area contributed by atoms with Crippen LogP contribution in [0.5, 0.6) is 0 Å². The zero-order valence-electron chi connectivity index (χ0n) is 11.1. The van der Waals surface area contributed by atoms with Crippen LogP contribution >= 0.6 is 0 Å². The van der Waals surface area contributed by atoms with E-state index in [1.54, 1.807) is 0 Å². The number of amides is 1. The number of amidine groups is 1. The van der Waals surface area contributed by atoms with Crippen molar-refractivity contribution in [3.8, 4) is 0 Å². The van der Waals surface area contributed by atoms with E-state index in [1.807, 2.05) is 13.8 Å². The largest absolute Gasteiger partial charge is 0.409 e. The molecule has 5 heteroatoms. The van der Waals surface area contributed by atoms with Crippen molar-refractivity contribution in [3.63, 3.8) is 0 Å². The summed E-state index contributed by atoms with van der Waals surface area (Å²) in [5, 5.41) is 14.4. The van der Waals surface area contributed by atoms with Crippen LogP contribution in [0.25, 0.3) is 0 Å². The summed E-state index contributed by atoms with van der Waals surface area (Å²) < 4.78 is 0. The van der Waals surface area contributed by atoms with Gasteiger partial charge in [-0.1, -0.05) is 45.2 Å². The maximum Gasteiger partial charge on any atom is 0.220 e. The van der Waals surface area contributed by atoms with Gasteiger partial charge in [0.15, 0.2) is 5.84 Å². The zero-order valence-corrected chi connectivity index (χ0v) is 11.1. The Morgan fingerprint density at radius 2 is 2.00 bits per heavy atom. The number of rotatable bonds is 8. The Bertz CT molecular complexity index is 252. The summed E-state index contributed by atoms with van der Waals surface area (Å²) in [6.07, 6.45) is 4.77. The van der Waals surface area contributed by atoms with Crippen molar-refractivity contribution in [2.75, 3.05) is 0 Å². The molecule has 1 amide bonds. The highest BCUT2D eigenvalue weighted by Crippen LogP contribution is 2.05. The summed E-state index contributed by atoms with van der Waals surface area (Å²) in [6, 6.07) is -0.390. The topological polar surface area (TPSA) is 87.7 Å². The maximum atomic E-state index is 11.6. The van der Waals surface area contributed by atoms with Crippen molar-refractivity contribution in [1.82, 2.24) is 5.32 Å². The van der Waals surface area contributed by atoms with Crippen molar-refractivity contribution in [2.24, 2.45) is 16.8 Å². The van der Waals surface area contributed by atoms with Gasteiger partial charge in [0, 0.05) is 6.42 Å². The quantitative estimate of drug-likeness (QED) is 0.200. The smallest absolute Gasteiger partial charge is 0.220 e. The monoisotopic (exact) mass is 243 g/mol. The minimum absolute atomic E-state index is 0.0357. The van der Waals surface area contributed by atoms with Gasteiger partial charge in [0.25, 0.3) is 0 Å². The minimum Gasteiger partial charge on any atom is -0.409 e. The molecule has 0 aromatic heterocycles. The third-order valence-electron chi connectivity index (χ3n) is 2.67. The number of carbonyl (C=O) groups excluding carboxylic acids is 1. The van der Waals surface area contributed by atoms with E-state index in [2.05, 4.69) is 17.4 Å². The molecule has 0 aromatic rings. The van der Waals surface area contributed by atoms with Crippen molar-refractivity contribution in [3.05, 3.63) is 0 Å². The number of hydrogen-bond donors (Lipinski definition) is 3. The Morgan fingerprint density at radius 3 is 2.47 bits per heavy atom. The number of nitrogens with zero attached hydrogens (tertiary/aromatic N) is 1. The van der Waals surface area contributed by atoms with E-state index in [0.29, 0.717) is 6.42 Å². The molecule has 0 aliphatic rings. The fraction of sp³-hybridized carbons (Fsp3) is 0.833. The van der Waals surface area contributed by atoms with Crippen LogP contribution < -0.4 is 11.1 Å². The van der Waals surface area contributed by atoms with Gasteiger partial charge in [-0.15, -0.1) is 0 Å². The van der Waals surface area contributed by atoms with Gasteiger partial charge >= 0.3 is 0 Å². The van der Waals surface area contributed by atoms with Crippen molar-refractivity contribution in [1.29, 1.82) is 0 Å². The molecule has 0 aliphatic carbocycles. The van der Waals surface area contributed by atoms with Gasteiger partial charge in [0.1, 0.15) is 0 Å². The summed E-state index contributed by atoms with van der Waals surface area (Å²) >= 11 is 0. The Kier molecular flexibility index (Phi) is 8.19. The molecule has 1 unspecified atom stereocenters. The van der Waals surface area contributed by atoms with E-state index < -0.39 is 6.04 Å². The van der Waals surface area contributed by atoms with E-state index in [4.69, 9.17) is 10.9 Å². The highest BCUT2D eigenvalue weighted by Gasteiger charge is 2.20. The van der Waals surface area contributed by atoms with E-state index >= 15 is 0 Å². The van der Waals surface area contributed by atoms with Crippen molar-refractivity contribution in [2.45, 2.75) is 58.9 Å². The van der Waals surface area contributed by atoms with Crippen LogP contribution in [-0.2, 0) is 4.79 Å². The number of unbranched alkanes of at least 4 members (excludes halogenated alkanes) is 3. The molecule has 0 bridgehead atoms. The SMILES string of the molecule is CCCCCCC(=O)NC(C(N)=NO)C(C)C. The highest BCUT2D eigenvalue weighted by atomic mass is 16.4. The van der Waals surface area contributed by atoms with E-state index in [-0.39, 0.29) is 17.7 Å². The van der Waals surface area contributed by atoms with Crippen LogP contribution in [0.2, 0.25) is 0 Å². The number of oxime groups is 1. The molecule has 4 N–H and O–H groups in total. The summed E-state index contributed by atoms with van der Waals surface area (Å²) in [6.45, 7) is 5.97. The van der Waals surface area contributed by atoms with Crippen LogP contribution in [0.3, 0.4) is 0 Å². The lowest BCUT2D eigenvalue weighted by Gasteiger charge is -2.20. The molecule has 0 fully saturated rings. The predicted molar refractivity (Wildman–Crippen MR) is 68.9 cm³/mol. The molecule has 0 rings (SSSR count). The molecule has 0 heterocycles. The molecule has 0 saturated carbocycles. The number of carbonyl (C=O) groups is 1. The third-order valence-corrected chi connectivity index (χ3v) is 2.67. The molecule has 1 atom stereocenters. The standard InChI is InChI=1S/C12H25N3O2/c1-4-5-6-7-8-10(16)14-11(9(2)3)12(13)15-17/h9,11,17H,4-8H2,1-3H3,(H2,13,15)(H,14,16). The molecule has 0 radical (unpaired) electrons. The fourth-order valence-electron chi connectivity index (χ4n) is 1.60. The van der Waals surface area contributed by atoms with E-state index in [9.17, 15) is 4.79 Å². The van der Waals surface area contributed by atoms with Gasteiger partial charge in [-0.3, -0.25) is 4.79 Å². The van der Waals surface area contributed by atoms with Crippen LogP contribution in [0.1, 0.15) is 52.9 Å². The van der Waals surface area contributed by atoms with Gasteiger partial charge < -0.3 is 16.3 Å². The summed E-state index contributed by atoms with van der Waals surface area (Å²) in [5.74, 6) is 0.124. The molecular formula is C12H25N3O2. The van der Waals surface area contributed by atoms with Crippen molar-refractivity contribution >= 4 is 11.7 Å². The molecule has 100 valence electrons. The first-order valence-electron chi connectivity index (χ1n) is 6.29. The van der Waals surface area contributed by atoms with Gasteiger partial charge in [-0.25, -0.2) is 0 Å². The Labute approximate surface area is 103 Å². The van der Waals surface area contributed by atoms with Crippen LogP contribution in [0.4, 0.5) is 0 Å². The average Bonchev–Trinajstić information content (AvgIpc) is 2.30. The van der Waals surface area contributed by atoms with Crippen LogP contribution in [0, 0.1) is 5.92 Å². The first kappa shape index (κ1) is 15.7.